The van der Waals surface area contributed by atoms with Gasteiger partial charge in [0.2, 0.25) is 11.8 Å². The minimum absolute atomic E-state index is 0.0764. The number of carbonyl (C=O) groups excluding carboxylic acids is 2. The van der Waals surface area contributed by atoms with Crippen molar-refractivity contribution < 1.29 is 9.59 Å². The summed E-state index contributed by atoms with van der Waals surface area (Å²) < 4.78 is 0. The van der Waals surface area contributed by atoms with Gasteiger partial charge in [0.05, 0.1) is 11.8 Å². The zero-order chi connectivity index (χ0) is 18.4. The van der Waals surface area contributed by atoms with E-state index in [1.165, 1.54) is 0 Å². The molecule has 1 aromatic rings. The highest BCUT2D eigenvalue weighted by atomic mass is 16.2. The molecule has 25 heavy (non-hydrogen) atoms. The predicted molar refractivity (Wildman–Crippen MR) is 103 cm³/mol. The maximum Gasteiger partial charge on any atom is 0.228 e. The third-order valence-corrected chi connectivity index (χ3v) is 4.81. The molecule has 2 amide bonds. The second-order valence-electron chi connectivity index (χ2n) is 6.60. The van der Waals surface area contributed by atoms with Crippen LogP contribution in [0.3, 0.4) is 0 Å². The molecule has 1 aliphatic rings. The molecule has 0 heterocycles. The Balaban J connectivity index is 2.10. The van der Waals surface area contributed by atoms with Gasteiger partial charge in [-0.3, -0.25) is 9.59 Å². The van der Waals surface area contributed by atoms with Gasteiger partial charge in [0.25, 0.3) is 0 Å². The summed E-state index contributed by atoms with van der Waals surface area (Å²) in [6.07, 6.45) is 5.26. The number of allylic oxidation sites excluding steroid dienone is 2. The van der Waals surface area contributed by atoms with Crippen molar-refractivity contribution in [3.63, 3.8) is 0 Å². The Bertz CT molecular complexity index is 618. The number of carbonyl (C=O) groups is 2. The smallest absolute Gasteiger partial charge is 0.228 e. The van der Waals surface area contributed by atoms with Crippen LogP contribution in [0.25, 0.3) is 0 Å². The van der Waals surface area contributed by atoms with Crippen molar-refractivity contribution in [3.05, 3.63) is 36.4 Å². The fourth-order valence-corrected chi connectivity index (χ4v) is 3.22. The van der Waals surface area contributed by atoms with E-state index in [4.69, 9.17) is 0 Å². The van der Waals surface area contributed by atoms with Crippen LogP contribution in [0, 0.1) is 11.8 Å². The van der Waals surface area contributed by atoms with Crippen molar-refractivity contribution in [2.24, 2.45) is 11.8 Å². The van der Waals surface area contributed by atoms with E-state index in [1.54, 1.807) is 0 Å². The van der Waals surface area contributed by atoms with Gasteiger partial charge < -0.3 is 15.1 Å². The predicted octanol–water partition coefficient (Wildman–Crippen LogP) is 3.14. The van der Waals surface area contributed by atoms with Crippen molar-refractivity contribution in [3.8, 4) is 0 Å². The molecule has 0 saturated carbocycles. The van der Waals surface area contributed by atoms with Crippen LogP contribution in [0.4, 0.5) is 11.4 Å². The van der Waals surface area contributed by atoms with Crippen molar-refractivity contribution in [2.45, 2.75) is 26.7 Å². The average Bonchev–Trinajstić information content (AvgIpc) is 2.63. The lowest BCUT2D eigenvalue weighted by atomic mass is 9.81. The van der Waals surface area contributed by atoms with E-state index >= 15 is 0 Å². The first-order valence-electron chi connectivity index (χ1n) is 8.99. The third-order valence-electron chi connectivity index (χ3n) is 4.81. The summed E-state index contributed by atoms with van der Waals surface area (Å²) in [4.78, 5) is 29.4. The summed E-state index contributed by atoms with van der Waals surface area (Å²) in [6, 6.07) is 7.73. The molecule has 0 aliphatic heterocycles. The molecule has 1 aliphatic carbocycles. The summed E-state index contributed by atoms with van der Waals surface area (Å²) in [7, 11) is 3.96. The van der Waals surface area contributed by atoms with Crippen molar-refractivity contribution in [2.75, 3.05) is 37.4 Å². The van der Waals surface area contributed by atoms with Crippen LogP contribution < -0.4 is 10.2 Å². The SMILES string of the molecule is CCN(CC)C(=O)C1CC=CCC1C(=O)Nc1ccc(N(C)C)cc1. The van der Waals surface area contributed by atoms with E-state index in [2.05, 4.69) is 5.32 Å². The standard InChI is InChI=1S/C20H29N3O2/c1-5-23(6-2)20(25)18-10-8-7-9-17(18)19(24)21-15-11-13-16(14-12-15)22(3)4/h7-8,11-14,17-18H,5-6,9-10H2,1-4H3,(H,21,24). The van der Waals surface area contributed by atoms with Gasteiger partial charge in [-0.1, -0.05) is 12.2 Å². The van der Waals surface area contributed by atoms with Crippen LogP contribution in [-0.4, -0.2) is 43.9 Å². The van der Waals surface area contributed by atoms with Crippen molar-refractivity contribution in [1.82, 2.24) is 4.90 Å². The Hall–Kier alpha value is -2.30. The number of hydrogen-bond donors (Lipinski definition) is 1. The van der Waals surface area contributed by atoms with Crippen LogP contribution >= 0.6 is 0 Å². The Kier molecular flexibility index (Phi) is 6.62. The van der Waals surface area contributed by atoms with Crippen LogP contribution in [0.1, 0.15) is 26.7 Å². The molecule has 1 N–H and O–H groups in total. The lowest BCUT2D eigenvalue weighted by molar-refractivity contribution is -0.140. The van der Waals surface area contributed by atoms with E-state index < -0.39 is 0 Å². The Morgan fingerprint density at radius 1 is 1.00 bits per heavy atom. The fourth-order valence-electron chi connectivity index (χ4n) is 3.22. The molecule has 5 heteroatoms. The molecular weight excluding hydrogens is 314 g/mol. The Morgan fingerprint density at radius 3 is 2.08 bits per heavy atom. The first kappa shape index (κ1) is 19.0. The van der Waals surface area contributed by atoms with E-state index in [0.29, 0.717) is 25.9 Å². The van der Waals surface area contributed by atoms with Gasteiger partial charge in [-0.2, -0.15) is 0 Å². The first-order valence-corrected chi connectivity index (χ1v) is 8.99. The highest BCUT2D eigenvalue weighted by molar-refractivity contribution is 5.96. The Morgan fingerprint density at radius 2 is 1.56 bits per heavy atom. The summed E-state index contributed by atoms with van der Waals surface area (Å²) in [6.45, 7) is 5.30. The average molecular weight is 343 g/mol. The minimum Gasteiger partial charge on any atom is -0.378 e. The molecule has 2 atom stereocenters. The molecule has 5 nitrogen and oxygen atoms in total. The third kappa shape index (κ3) is 4.62. The molecular formula is C20H29N3O2. The summed E-state index contributed by atoms with van der Waals surface area (Å²) in [5.41, 5.74) is 1.84. The highest BCUT2D eigenvalue weighted by Crippen LogP contribution is 2.29. The maximum atomic E-state index is 12.8. The Labute approximate surface area is 150 Å². The van der Waals surface area contributed by atoms with Gasteiger partial charge in [-0.25, -0.2) is 0 Å². The minimum atomic E-state index is -0.313. The van der Waals surface area contributed by atoms with Gasteiger partial charge in [0.1, 0.15) is 0 Å². The van der Waals surface area contributed by atoms with Gasteiger partial charge in [-0.15, -0.1) is 0 Å². The summed E-state index contributed by atoms with van der Waals surface area (Å²) in [5, 5.41) is 2.98. The summed E-state index contributed by atoms with van der Waals surface area (Å²) >= 11 is 0. The monoisotopic (exact) mass is 343 g/mol. The van der Waals surface area contributed by atoms with E-state index in [-0.39, 0.29) is 23.7 Å². The molecule has 0 aromatic heterocycles. The second kappa shape index (κ2) is 8.70. The number of rotatable bonds is 6. The molecule has 2 unspecified atom stereocenters. The molecule has 0 radical (unpaired) electrons. The number of amides is 2. The maximum absolute atomic E-state index is 12.8. The lowest BCUT2D eigenvalue weighted by Crippen LogP contribution is -2.43. The number of benzene rings is 1. The molecule has 0 bridgehead atoms. The van der Waals surface area contributed by atoms with Gasteiger partial charge in [0, 0.05) is 38.6 Å². The molecule has 1 aromatic carbocycles. The first-order chi connectivity index (χ1) is 12.0. The van der Waals surface area contributed by atoms with Gasteiger partial charge >= 0.3 is 0 Å². The zero-order valence-electron chi connectivity index (χ0n) is 15.7. The van der Waals surface area contributed by atoms with Gasteiger partial charge in [0.15, 0.2) is 0 Å². The highest BCUT2D eigenvalue weighted by Gasteiger charge is 2.35. The fraction of sp³-hybridized carbons (Fsp3) is 0.500. The number of nitrogens with one attached hydrogen (secondary N) is 1. The topological polar surface area (TPSA) is 52.7 Å². The quantitative estimate of drug-likeness (QED) is 0.807. The second-order valence-corrected chi connectivity index (χ2v) is 6.60. The molecule has 0 spiro atoms. The molecule has 2 rings (SSSR count). The van der Waals surface area contributed by atoms with Crippen LogP contribution in [0.2, 0.25) is 0 Å². The lowest BCUT2D eigenvalue weighted by Gasteiger charge is -2.31. The van der Waals surface area contributed by atoms with E-state index in [9.17, 15) is 9.59 Å². The van der Waals surface area contributed by atoms with Crippen LogP contribution in [0.15, 0.2) is 36.4 Å². The van der Waals surface area contributed by atoms with Crippen molar-refractivity contribution >= 4 is 23.2 Å². The zero-order valence-corrected chi connectivity index (χ0v) is 15.7. The molecule has 136 valence electrons. The van der Waals surface area contributed by atoms with Gasteiger partial charge in [-0.05, 0) is 51.0 Å². The summed E-state index contributed by atoms with van der Waals surface area (Å²) in [5.74, 6) is -0.581. The number of hydrogen-bond acceptors (Lipinski definition) is 3. The normalized spacial score (nSPS) is 19.4. The molecule has 0 fully saturated rings. The largest absolute Gasteiger partial charge is 0.378 e. The number of anilines is 2. The van der Waals surface area contributed by atoms with E-state index in [1.807, 2.05) is 74.2 Å². The number of nitrogens with zero attached hydrogens (tertiary/aromatic N) is 2. The van der Waals surface area contributed by atoms with Crippen molar-refractivity contribution in [1.29, 1.82) is 0 Å². The molecule has 0 saturated heterocycles. The van der Waals surface area contributed by atoms with Crippen LogP contribution in [0.5, 0.6) is 0 Å². The van der Waals surface area contributed by atoms with Crippen LogP contribution in [-0.2, 0) is 9.59 Å². The van der Waals surface area contributed by atoms with E-state index in [0.717, 1.165) is 11.4 Å².